The Bertz CT molecular complexity index is 650. The van der Waals surface area contributed by atoms with Crippen molar-refractivity contribution in [3.05, 3.63) is 50.6 Å². The van der Waals surface area contributed by atoms with Gasteiger partial charge < -0.3 is 10.1 Å². The molecule has 0 unspecified atom stereocenters. The number of ether oxygens (including phenoxy) is 1. The maximum absolute atomic E-state index is 12.0. The van der Waals surface area contributed by atoms with E-state index in [1.165, 1.54) is 0 Å². The summed E-state index contributed by atoms with van der Waals surface area (Å²) in [5.74, 6) is 0.606. The Morgan fingerprint density at radius 2 is 2.17 bits per heavy atom. The van der Waals surface area contributed by atoms with Crippen molar-refractivity contribution in [3.63, 3.8) is 0 Å². The number of hydrogen-bond donors (Lipinski definition) is 1. The maximum atomic E-state index is 12.0. The molecule has 0 spiro atoms. The van der Waals surface area contributed by atoms with Gasteiger partial charge in [0.25, 0.3) is 0 Å². The lowest BCUT2D eigenvalue weighted by Gasteiger charge is -2.20. The number of nitrogens with zero attached hydrogens (tertiary/aromatic N) is 1. The predicted molar refractivity (Wildman–Crippen MR) is 100 cm³/mol. The maximum Gasteiger partial charge on any atom is 0.234 e. The zero-order valence-electron chi connectivity index (χ0n) is 13.4. The van der Waals surface area contributed by atoms with E-state index in [4.69, 9.17) is 27.9 Å². The minimum atomic E-state index is 0.00905. The van der Waals surface area contributed by atoms with E-state index in [0.29, 0.717) is 42.0 Å². The van der Waals surface area contributed by atoms with Crippen LogP contribution in [0.15, 0.2) is 35.7 Å². The summed E-state index contributed by atoms with van der Waals surface area (Å²) < 4.78 is 5.66. The summed E-state index contributed by atoms with van der Waals surface area (Å²) >= 11 is 13.6. The zero-order valence-corrected chi connectivity index (χ0v) is 15.8. The standard InChI is InChI=1S/C17H20Cl2N2O2S/c1-2-21(12-17(22)20-11-14-4-3-9-24-14)7-8-23-16-6-5-13(18)10-15(16)19/h3-6,9-10H,2,7-8,11-12H2,1H3,(H,20,22). The molecule has 4 nitrogen and oxygen atoms in total. The van der Waals surface area contributed by atoms with Crippen LogP contribution < -0.4 is 10.1 Å². The van der Waals surface area contributed by atoms with Crippen molar-refractivity contribution in [2.24, 2.45) is 0 Å². The molecule has 1 aromatic carbocycles. The zero-order chi connectivity index (χ0) is 17.4. The summed E-state index contributed by atoms with van der Waals surface area (Å²) in [5, 5.41) is 5.99. The first-order chi connectivity index (χ1) is 11.6. The molecule has 0 atom stereocenters. The van der Waals surface area contributed by atoms with Crippen molar-refractivity contribution < 1.29 is 9.53 Å². The second-order valence-corrected chi connectivity index (χ2v) is 7.02. The van der Waals surface area contributed by atoms with Gasteiger partial charge in [0.05, 0.1) is 18.1 Å². The van der Waals surface area contributed by atoms with Gasteiger partial charge in [-0.25, -0.2) is 0 Å². The molecule has 1 N–H and O–H groups in total. The predicted octanol–water partition coefficient (Wildman–Crippen LogP) is 4.07. The van der Waals surface area contributed by atoms with Crippen LogP contribution in [0.3, 0.4) is 0 Å². The Balaban J connectivity index is 1.72. The number of nitrogens with one attached hydrogen (secondary N) is 1. The van der Waals surface area contributed by atoms with Gasteiger partial charge in [-0.3, -0.25) is 9.69 Å². The molecule has 24 heavy (non-hydrogen) atoms. The smallest absolute Gasteiger partial charge is 0.234 e. The number of hydrogen-bond acceptors (Lipinski definition) is 4. The van der Waals surface area contributed by atoms with Crippen LogP contribution >= 0.6 is 34.5 Å². The van der Waals surface area contributed by atoms with Crippen LogP contribution in [0.1, 0.15) is 11.8 Å². The molecule has 0 saturated heterocycles. The van der Waals surface area contributed by atoms with Crippen LogP contribution in [-0.2, 0) is 11.3 Å². The topological polar surface area (TPSA) is 41.6 Å². The summed E-state index contributed by atoms with van der Waals surface area (Å²) in [7, 11) is 0. The highest BCUT2D eigenvalue weighted by Crippen LogP contribution is 2.27. The van der Waals surface area contributed by atoms with E-state index in [9.17, 15) is 4.79 Å². The van der Waals surface area contributed by atoms with Gasteiger partial charge in [0.1, 0.15) is 12.4 Å². The summed E-state index contributed by atoms with van der Waals surface area (Å²) in [4.78, 5) is 15.2. The average molecular weight is 387 g/mol. The van der Waals surface area contributed by atoms with Gasteiger partial charge in [0, 0.05) is 16.4 Å². The van der Waals surface area contributed by atoms with Gasteiger partial charge >= 0.3 is 0 Å². The number of carbonyl (C=O) groups is 1. The lowest BCUT2D eigenvalue weighted by Crippen LogP contribution is -2.38. The molecule has 1 heterocycles. The van der Waals surface area contributed by atoms with E-state index in [-0.39, 0.29) is 5.91 Å². The van der Waals surface area contributed by atoms with Gasteiger partial charge in [-0.05, 0) is 36.2 Å². The van der Waals surface area contributed by atoms with Crippen molar-refractivity contribution in [2.45, 2.75) is 13.5 Å². The summed E-state index contributed by atoms with van der Waals surface area (Å²) in [6.45, 7) is 4.80. The Hall–Kier alpha value is -1.27. The number of rotatable bonds is 9. The summed E-state index contributed by atoms with van der Waals surface area (Å²) in [6.07, 6.45) is 0. The largest absolute Gasteiger partial charge is 0.491 e. The van der Waals surface area contributed by atoms with Crippen LogP contribution in [0.5, 0.6) is 5.75 Å². The molecule has 0 saturated carbocycles. The van der Waals surface area contributed by atoms with Crippen LogP contribution in [0, 0.1) is 0 Å². The molecule has 1 aromatic heterocycles. The molecule has 130 valence electrons. The third-order valence-corrected chi connectivity index (χ3v) is 4.82. The van der Waals surface area contributed by atoms with Gasteiger partial charge in [-0.2, -0.15) is 0 Å². The van der Waals surface area contributed by atoms with Gasteiger partial charge in [-0.15, -0.1) is 11.3 Å². The molecule has 0 fully saturated rings. The first-order valence-electron chi connectivity index (χ1n) is 7.67. The van der Waals surface area contributed by atoms with Gasteiger partial charge in [0.2, 0.25) is 5.91 Å². The van der Waals surface area contributed by atoms with E-state index >= 15 is 0 Å². The first-order valence-corrected chi connectivity index (χ1v) is 9.31. The normalized spacial score (nSPS) is 10.8. The number of benzene rings is 1. The minimum Gasteiger partial charge on any atom is -0.491 e. The van der Waals surface area contributed by atoms with Gasteiger partial charge in [0.15, 0.2) is 0 Å². The quantitative estimate of drug-likeness (QED) is 0.705. The van der Waals surface area contributed by atoms with E-state index in [2.05, 4.69) is 5.32 Å². The number of halogens is 2. The Morgan fingerprint density at radius 1 is 1.33 bits per heavy atom. The Labute approximate surface area is 156 Å². The van der Waals surface area contributed by atoms with Crippen LogP contribution in [0.4, 0.5) is 0 Å². The lowest BCUT2D eigenvalue weighted by molar-refractivity contribution is -0.122. The van der Waals surface area contributed by atoms with Crippen LogP contribution in [0.25, 0.3) is 0 Å². The van der Waals surface area contributed by atoms with E-state index in [0.717, 1.165) is 11.4 Å². The molecule has 2 aromatic rings. The highest BCUT2D eigenvalue weighted by molar-refractivity contribution is 7.09. The third-order valence-electron chi connectivity index (χ3n) is 3.41. The Morgan fingerprint density at radius 3 is 2.83 bits per heavy atom. The fraction of sp³-hybridized carbons (Fsp3) is 0.353. The summed E-state index contributed by atoms with van der Waals surface area (Å²) in [5.41, 5.74) is 0. The second kappa shape index (κ2) is 9.89. The van der Waals surface area contributed by atoms with Gasteiger partial charge in [-0.1, -0.05) is 36.2 Å². The van der Waals surface area contributed by atoms with Crippen molar-refractivity contribution >= 4 is 40.4 Å². The molecule has 0 aliphatic heterocycles. The van der Waals surface area contributed by atoms with E-state index < -0.39 is 0 Å². The number of likely N-dealkylation sites (N-methyl/N-ethyl adjacent to an activating group) is 1. The first kappa shape index (κ1) is 19.1. The molecule has 7 heteroatoms. The van der Waals surface area contributed by atoms with Crippen LogP contribution in [-0.4, -0.2) is 37.0 Å². The number of amides is 1. The van der Waals surface area contributed by atoms with Crippen molar-refractivity contribution in [1.82, 2.24) is 10.2 Å². The SMILES string of the molecule is CCN(CCOc1ccc(Cl)cc1Cl)CC(=O)NCc1cccs1. The van der Waals surface area contributed by atoms with Crippen molar-refractivity contribution in [2.75, 3.05) is 26.2 Å². The second-order valence-electron chi connectivity index (χ2n) is 5.15. The molecule has 0 aliphatic rings. The lowest BCUT2D eigenvalue weighted by atomic mass is 10.3. The molecule has 0 aliphatic carbocycles. The highest BCUT2D eigenvalue weighted by Gasteiger charge is 2.10. The molecular weight excluding hydrogens is 367 g/mol. The van der Waals surface area contributed by atoms with Crippen molar-refractivity contribution in [3.8, 4) is 5.75 Å². The summed E-state index contributed by atoms with van der Waals surface area (Å²) in [6, 6.07) is 9.11. The fourth-order valence-corrected chi connectivity index (χ4v) is 3.19. The molecule has 0 radical (unpaired) electrons. The molecule has 2 rings (SSSR count). The van der Waals surface area contributed by atoms with Crippen LogP contribution in [0.2, 0.25) is 10.0 Å². The average Bonchev–Trinajstić information content (AvgIpc) is 3.07. The molecule has 0 bridgehead atoms. The number of thiophene rings is 1. The number of carbonyl (C=O) groups excluding carboxylic acids is 1. The fourth-order valence-electron chi connectivity index (χ4n) is 2.08. The Kier molecular flexibility index (Phi) is 7.85. The molecular formula is C17H20Cl2N2O2S. The highest BCUT2D eigenvalue weighted by atomic mass is 35.5. The third kappa shape index (κ3) is 6.32. The van der Waals surface area contributed by atoms with Crippen molar-refractivity contribution in [1.29, 1.82) is 0 Å². The molecule has 1 amide bonds. The minimum absolute atomic E-state index is 0.00905. The monoisotopic (exact) mass is 386 g/mol. The van der Waals surface area contributed by atoms with E-state index in [1.54, 1.807) is 29.5 Å². The van der Waals surface area contributed by atoms with E-state index in [1.807, 2.05) is 29.3 Å².